The second-order valence-corrected chi connectivity index (χ2v) is 5.92. The zero-order valence-corrected chi connectivity index (χ0v) is 14.0. The molecule has 6 nitrogen and oxygen atoms in total. The average molecular weight is 326 g/mol. The summed E-state index contributed by atoms with van der Waals surface area (Å²) in [6.07, 6.45) is 7.44. The number of aromatic nitrogens is 2. The van der Waals surface area contributed by atoms with E-state index >= 15 is 0 Å². The first-order chi connectivity index (χ1) is 11.7. The number of unbranched alkanes of at least 4 members (excludes halogenated alkanes) is 1. The maximum absolute atomic E-state index is 12.5. The van der Waals surface area contributed by atoms with Crippen LogP contribution in [0.1, 0.15) is 32.1 Å². The fraction of sp³-hybridized carbons (Fsp3) is 0.389. The van der Waals surface area contributed by atoms with E-state index in [1.165, 1.54) is 0 Å². The smallest absolute Gasteiger partial charge is 0.322 e. The normalized spacial score (nSPS) is 16.6. The molecule has 0 aliphatic carbocycles. The first kappa shape index (κ1) is 16.2. The molecule has 6 heteroatoms. The van der Waals surface area contributed by atoms with Gasteiger partial charge in [0.2, 0.25) is 11.8 Å². The zero-order valence-electron chi connectivity index (χ0n) is 14.0. The molecule has 0 saturated carbocycles. The highest BCUT2D eigenvalue weighted by atomic mass is 16.4. The first-order valence-corrected chi connectivity index (χ1v) is 8.32. The molecule has 2 aromatic rings. The van der Waals surface area contributed by atoms with Crippen LogP contribution < -0.4 is 5.32 Å². The Bertz CT molecular complexity index is 721. The van der Waals surface area contributed by atoms with Gasteiger partial charge in [-0.15, -0.1) is 10.2 Å². The van der Waals surface area contributed by atoms with E-state index < -0.39 is 0 Å². The van der Waals surface area contributed by atoms with Crippen LogP contribution in [0.25, 0.3) is 11.5 Å². The summed E-state index contributed by atoms with van der Waals surface area (Å²) in [5.41, 5.74) is 1.58. The molecule has 2 heterocycles. The lowest BCUT2D eigenvalue weighted by molar-refractivity contribution is 0.208. The van der Waals surface area contributed by atoms with E-state index in [9.17, 15) is 4.79 Å². The molecule has 0 saturated heterocycles. The van der Waals surface area contributed by atoms with Gasteiger partial charge in [0.15, 0.2) is 0 Å². The second-order valence-electron chi connectivity index (χ2n) is 5.92. The van der Waals surface area contributed by atoms with E-state index in [1.54, 1.807) is 6.92 Å². The van der Waals surface area contributed by atoms with Crippen molar-refractivity contribution in [1.82, 2.24) is 15.1 Å². The van der Waals surface area contributed by atoms with E-state index in [-0.39, 0.29) is 12.1 Å². The number of hydrogen-bond acceptors (Lipinski definition) is 4. The number of amides is 2. The Balaban J connectivity index is 1.62. The van der Waals surface area contributed by atoms with Gasteiger partial charge in [-0.1, -0.05) is 31.9 Å². The predicted octanol–water partition coefficient (Wildman–Crippen LogP) is 4.01. The molecular weight excluding hydrogens is 304 g/mol. The molecule has 1 aliphatic rings. The third-order valence-electron chi connectivity index (χ3n) is 4.08. The van der Waals surface area contributed by atoms with Crippen molar-refractivity contribution in [3.8, 4) is 11.5 Å². The van der Waals surface area contributed by atoms with Crippen molar-refractivity contribution >= 4 is 11.7 Å². The van der Waals surface area contributed by atoms with E-state index in [1.807, 2.05) is 29.2 Å². The van der Waals surface area contributed by atoms with Crippen molar-refractivity contribution in [2.45, 2.75) is 39.2 Å². The highest BCUT2D eigenvalue weighted by Gasteiger charge is 2.24. The van der Waals surface area contributed by atoms with E-state index in [0.717, 1.165) is 30.5 Å². The molecular formula is C18H22N4O2. The van der Waals surface area contributed by atoms with Crippen molar-refractivity contribution in [2.24, 2.45) is 0 Å². The van der Waals surface area contributed by atoms with Crippen LogP contribution in [0.5, 0.6) is 0 Å². The minimum atomic E-state index is -0.0671. The number of aryl methyl sites for hydroxylation is 1. The summed E-state index contributed by atoms with van der Waals surface area (Å²) in [5.74, 6) is 1.01. The van der Waals surface area contributed by atoms with Crippen LogP contribution in [0.2, 0.25) is 0 Å². The topological polar surface area (TPSA) is 71.3 Å². The Morgan fingerprint density at radius 2 is 2.12 bits per heavy atom. The number of carbonyl (C=O) groups excluding carboxylic acids is 1. The summed E-state index contributed by atoms with van der Waals surface area (Å²) >= 11 is 0. The Morgan fingerprint density at radius 1 is 1.33 bits per heavy atom. The number of nitrogens with one attached hydrogen (secondary N) is 1. The number of hydrogen-bond donors (Lipinski definition) is 1. The third kappa shape index (κ3) is 3.64. The molecule has 24 heavy (non-hydrogen) atoms. The Morgan fingerprint density at radius 3 is 2.79 bits per heavy atom. The van der Waals surface area contributed by atoms with Gasteiger partial charge >= 0.3 is 6.03 Å². The minimum Gasteiger partial charge on any atom is -0.421 e. The number of benzene rings is 1. The molecule has 1 N–H and O–H groups in total. The van der Waals surface area contributed by atoms with Gasteiger partial charge in [-0.3, -0.25) is 0 Å². The molecule has 2 amide bonds. The molecule has 126 valence electrons. The van der Waals surface area contributed by atoms with Crippen LogP contribution in [-0.4, -0.2) is 33.7 Å². The lowest BCUT2D eigenvalue weighted by atomic mass is 10.1. The standard InChI is InChI=1S/C18H22N4O2/c1-3-4-6-16-7-5-12-22(16)18(23)19-15-10-8-14(9-11-15)17-21-20-13(2)24-17/h5,7-11,16H,3-4,6,12H2,1-2H3,(H,19,23)/t16-/m1/s1. The summed E-state index contributed by atoms with van der Waals surface area (Å²) < 4.78 is 5.40. The van der Waals surface area contributed by atoms with Crippen LogP contribution >= 0.6 is 0 Å². The van der Waals surface area contributed by atoms with Gasteiger partial charge in [0.05, 0.1) is 6.04 Å². The highest BCUT2D eigenvalue weighted by Crippen LogP contribution is 2.21. The number of urea groups is 1. The summed E-state index contributed by atoms with van der Waals surface area (Å²) in [7, 11) is 0. The van der Waals surface area contributed by atoms with Crippen LogP contribution in [0.4, 0.5) is 10.5 Å². The summed E-state index contributed by atoms with van der Waals surface area (Å²) in [5, 5.41) is 10.8. The second kappa shape index (κ2) is 7.29. The van der Waals surface area contributed by atoms with Gasteiger partial charge in [-0.05, 0) is 30.7 Å². The van der Waals surface area contributed by atoms with Crippen LogP contribution in [0.15, 0.2) is 40.8 Å². The lowest BCUT2D eigenvalue weighted by Gasteiger charge is -2.24. The summed E-state index contributed by atoms with van der Waals surface area (Å²) in [4.78, 5) is 14.3. The van der Waals surface area contributed by atoms with Crippen LogP contribution in [-0.2, 0) is 0 Å². The third-order valence-corrected chi connectivity index (χ3v) is 4.08. The molecule has 0 fully saturated rings. The number of anilines is 1. The molecule has 0 bridgehead atoms. The average Bonchev–Trinajstić information content (AvgIpc) is 3.22. The first-order valence-electron chi connectivity index (χ1n) is 8.32. The fourth-order valence-corrected chi connectivity index (χ4v) is 2.77. The van der Waals surface area contributed by atoms with E-state index in [2.05, 4.69) is 34.6 Å². The summed E-state index contributed by atoms with van der Waals surface area (Å²) in [6.45, 7) is 4.58. The Hall–Kier alpha value is -2.63. The predicted molar refractivity (Wildman–Crippen MR) is 92.6 cm³/mol. The van der Waals surface area contributed by atoms with Crippen molar-refractivity contribution in [3.05, 3.63) is 42.3 Å². The molecule has 1 aromatic carbocycles. The lowest BCUT2D eigenvalue weighted by Crippen LogP contribution is -2.39. The molecule has 1 aliphatic heterocycles. The quantitative estimate of drug-likeness (QED) is 0.843. The van der Waals surface area contributed by atoms with Gasteiger partial charge in [-0.2, -0.15) is 0 Å². The summed E-state index contributed by atoms with van der Waals surface area (Å²) in [6, 6.07) is 7.54. The Kier molecular flexibility index (Phi) is 4.93. The molecule has 1 atom stereocenters. The maximum atomic E-state index is 12.5. The SMILES string of the molecule is CCCC[C@@H]1C=CCN1C(=O)Nc1ccc(-c2nnc(C)o2)cc1. The molecule has 3 rings (SSSR count). The van der Waals surface area contributed by atoms with Crippen LogP contribution in [0.3, 0.4) is 0 Å². The molecule has 0 spiro atoms. The minimum absolute atomic E-state index is 0.0671. The van der Waals surface area contributed by atoms with Crippen molar-refractivity contribution < 1.29 is 9.21 Å². The molecule has 0 radical (unpaired) electrons. The molecule has 1 aromatic heterocycles. The van der Waals surface area contributed by atoms with E-state index in [0.29, 0.717) is 18.3 Å². The van der Waals surface area contributed by atoms with Crippen molar-refractivity contribution in [1.29, 1.82) is 0 Å². The van der Waals surface area contributed by atoms with Crippen molar-refractivity contribution in [3.63, 3.8) is 0 Å². The molecule has 0 unspecified atom stereocenters. The number of nitrogens with zero attached hydrogens (tertiary/aromatic N) is 3. The largest absolute Gasteiger partial charge is 0.421 e. The Labute approximate surface area is 141 Å². The zero-order chi connectivity index (χ0) is 16.9. The maximum Gasteiger partial charge on any atom is 0.322 e. The van der Waals surface area contributed by atoms with Crippen molar-refractivity contribution in [2.75, 3.05) is 11.9 Å². The van der Waals surface area contributed by atoms with E-state index in [4.69, 9.17) is 4.42 Å². The van der Waals surface area contributed by atoms with Gasteiger partial charge in [-0.25, -0.2) is 4.79 Å². The van der Waals surface area contributed by atoms with Gasteiger partial charge in [0.1, 0.15) is 0 Å². The van der Waals surface area contributed by atoms with Gasteiger partial charge in [0.25, 0.3) is 0 Å². The number of carbonyl (C=O) groups is 1. The highest BCUT2D eigenvalue weighted by molar-refractivity contribution is 5.90. The monoisotopic (exact) mass is 326 g/mol. The fourth-order valence-electron chi connectivity index (χ4n) is 2.77. The number of rotatable bonds is 5. The van der Waals surface area contributed by atoms with Gasteiger partial charge in [0, 0.05) is 24.7 Å². The van der Waals surface area contributed by atoms with Crippen LogP contribution in [0, 0.1) is 6.92 Å². The van der Waals surface area contributed by atoms with Gasteiger partial charge < -0.3 is 14.6 Å².